The minimum Gasteiger partial charge on any atom is -0.458 e. The van der Waals surface area contributed by atoms with Gasteiger partial charge in [-0.3, -0.25) is 14.4 Å². The van der Waals surface area contributed by atoms with E-state index >= 15 is 0 Å². The van der Waals surface area contributed by atoms with Gasteiger partial charge >= 0.3 is 5.97 Å². The van der Waals surface area contributed by atoms with Crippen LogP contribution in [0.25, 0.3) is 0 Å². The molecule has 4 nitrogen and oxygen atoms in total. The van der Waals surface area contributed by atoms with Crippen LogP contribution in [0.3, 0.4) is 0 Å². The standard InChI is InChI=1S/C29H34O4/c1-18(30)33-17-26(32)27-23(19-7-5-4-6-8-19)16-25-22-10-9-20-15-21(31)11-13-28(20,2)24(22)12-14-29(25,27)3/h4-8,12,15,22-23,25,27H,9-11,13-14,16-17H2,1-3H3/t22?,23-,25?,27?,28-,29-/m0/s1. The zero-order valence-corrected chi connectivity index (χ0v) is 19.9. The minimum absolute atomic E-state index is 0.0137. The number of allylic oxidation sites excluding steroid dienone is 4. The summed E-state index contributed by atoms with van der Waals surface area (Å²) in [5.74, 6) is 0.725. The van der Waals surface area contributed by atoms with Crippen molar-refractivity contribution in [3.8, 4) is 0 Å². The Morgan fingerprint density at radius 1 is 1.09 bits per heavy atom. The first-order valence-corrected chi connectivity index (χ1v) is 12.4. The van der Waals surface area contributed by atoms with Crippen molar-refractivity contribution >= 4 is 17.5 Å². The largest absolute Gasteiger partial charge is 0.458 e. The van der Waals surface area contributed by atoms with Crippen LogP contribution in [0, 0.1) is 28.6 Å². The van der Waals surface area contributed by atoms with Gasteiger partial charge in [-0.25, -0.2) is 0 Å². The number of rotatable bonds is 4. The first kappa shape index (κ1) is 22.3. The molecule has 1 aromatic rings. The Balaban J connectivity index is 1.54. The first-order chi connectivity index (χ1) is 15.7. The average molecular weight is 447 g/mol. The van der Waals surface area contributed by atoms with Crippen molar-refractivity contribution in [2.45, 2.75) is 65.2 Å². The molecule has 4 aliphatic carbocycles. The summed E-state index contributed by atoms with van der Waals surface area (Å²) in [5.41, 5.74) is 3.86. The fourth-order valence-electron chi connectivity index (χ4n) is 7.79. The molecule has 0 N–H and O–H groups in total. The van der Waals surface area contributed by atoms with Crippen molar-refractivity contribution in [1.29, 1.82) is 0 Å². The molecule has 3 unspecified atom stereocenters. The third-order valence-electron chi connectivity index (χ3n) is 9.38. The van der Waals surface area contributed by atoms with E-state index in [0.29, 0.717) is 18.3 Å². The maximum Gasteiger partial charge on any atom is 0.303 e. The van der Waals surface area contributed by atoms with E-state index in [1.807, 2.05) is 12.1 Å². The van der Waals surface area contributed by atoms with Gasteiger partial charge < -0.3 is 4.74 Å². The predicted octanol–water partition coefficient (Wildman–Crippen LogP) is 5.58. The van der Waals surface area contributed by atoms with E-state index in [1.165, 1.54) is 23.6 Å². The molecular formula is C29H34O4. The summed E-state index contributed by atoms with van der Waals surface area (Å²) in [6.45, 7) is 5.85. The van der Waals surface area contributed by atoms with Gasteiger partial charge in [0.25, 0.3) is 0 Å². The summed E-state index contributed by atoms with van der Waals surface area (Å²) < 4.78 is 5.19. The number of Topliss-reactive ketones (excluding diaryl/α,β-unsaturated/α-hetero) is 1. The van der Waals surface area contributed by atoms with E-state index in [0.717, 1.165) is 32.1 Å². The van der Waals surface area contributed by atoms with Crippen molar-refractivity contribution in [2.24, 2.45) is 28.6 Å². The third kappa shape index (κ3) is 3.53. The number of hydrogen-bond donors (Lipinski definition) is 0. The molecule has 0 aliphatic heterocycles. The van der Waals surface area contributed by atoms with Crippen LogP contribution in [0.15, 0.2) is 53.6 Å². The molecule has 4 heteroatoms. The summed E-state index contributed by atoms with van der Waals surface area (Å²) in [4.78, 5) is 37.1. The van der Waals surface area contributed by atoms with E-state index in [9.17, 15) is 14.4 Å². The van der Waals surface area contributed by atoms with E-state index in [4.69, 9.17) is 4.74 Å². The molecule has 1 aromatic carbocycles. The Morgan fingerprint density at radius 2 is 1.85 bits per heavy atom. The zero-order chi connectivity index (χ0) is 23.4. The van der Waals surface area contributed by atoms with Crippen molar-refractivity contribution < 1.29 is 19.1 Å². The Kier molecular flexibility index (Phi) is 5.46. The second-order valence-electron chi connectivity index (χ2n) is 11.1. The Morgan fingerprint density at radius 3 is 2.58 bits per heavy atom. The lowest BCUT2D eigenvalue weighted by Gasteiger charge is -2.53. The maximum atomic E-state index is 13.5. The van der Waals surface area contributed by atoms with Gasteiger partial charge in [0, 0.05) is 24.7 Å². The van der Waals surface area contributed by atoms with E-state index in [-0.39, 0.29) is 40.8 Å². The number of benzene rings is 1. The van der Waals surface area contributed by atoms with Crippen LogP contribution >= 0.6 is 0 Å². The molecule has 2 fully saturated rings. The minimum atomic E-state index is -0.406. The molecule has 0 radical (unpaired) electrons. The maximum absolute atomic E-state index is 13.5. The molecule has 6 atom stereocenters. The fraction of sp³-hybridized carbons (Fsp3) is 0.552. The number of carbonyl (C=O) groups is 3. The fourth-order valence-corrected chi connectivity index (χ4v) is 7.79. The average Bonchev–Trinajstić information content (AvgIpc) is 3.12. The highest BCUT2D eigenvalue weighted by molar-refractivity contribution is 5.92. The number of ether oxygens (including phenoxy) is 1. The zero-order valence-electron chi connectivity index (χ0n) is 19.9. The molecule has 4 aliphatic rings. The lowest BCUT2D eigenvalue weighted by Crippen LogP contribution is -2.46. The van der Waals surface area contributed by atoms with Crippen molar-refractivity contribution in [1.82, 2.24) is 0 Å². The Bertz CT molecular complexity index is 1050. The molecule has 174 valence electrons. The molecule has 0 bridgehead atoms. The van der Waals surface area contributed by atoms with Crippen molar-refractivity contribution in [3.05, 3.63) is 59.2 Å². The molecule has 33 heavy (non-hydrogen) atoms. The normalized spacial score (nSPS) is 37.2. The predicted molar refractivity (Wildman–Crippen MR) is 126 cm³/mol. The van der Waals surface area contributed by atoms with Crippen LogP contribution in [-0.2, 0) is 19.1 Å². The highest BCUT2D eigenvalue weighted by atomic mass is 16.5. The van der Waals surface area contributed by atoms with E-state index in [2.05, 4.69) is 44.2 Å². The molecule has 0 saturated heterocycles. The van der Waals surface area contributed by atoms with Gasteiger partial charge in [-0.05, 0) is 66.9 Å². The summed E-state index contributed by atoms with van der Waals surface area (Å²) >= 11 is 0. The molecule has 0 heterocycles. The van der Waals surface area contributed by atoms with Gasteiger partial charge in [-0.1, -0.05) is 61.4 Å². The summed E-state index contributed by atoms with van der Waals surface area (Å²) in [5, 5.41) is 0. The summed E-state index contributed by atoms with van der Waals surface area (Å²) in [6, 6.07) is 10.4. The Labute approximate surface area is 196 Å². The summed E-state index contributed by atoms with van der Waals surface area (Å²) in [6.07, 6.45) is 9.73. The number of ketones is 2. The van der Waals surface area contributed by atoms with E-state index in [1.54, 1.807) is 0 Å². The van der Waals surface area contributed by atoms with Crippen LogP contribution < -0.4 is 0 Å². The van der Waals surface area contributed by atoms with Gasteiger partial charge in [0.15, 0.2) is 11.6 Å². The molecule has 0 aromatic heterocycles. The highest BCUT2D eigenvalue weighted by Crippen LogP contribution is 2.67. The van der Waals surface area contributed by atoms with Gasteiger partial charge in [0.2, 0.25) is 0 Å². The Hall–Kier alpha value is -2.49. The smallest absolute Gasteiger partial charge is 0.303 e. The van der Waals surface area contributed by atoms with Crippen LogP contribution in [0.5, 0.6) is 0 Å². The SMILES string of the molecule is CC(=O)OCC(=O)C1[C@H](c2ccccc2)CC2C3CCC4=CC(=O)CC[C@]4(C)C3=CC[C@@]21C. The molecule has 2 saturated carbocycles. The first-order valence-electron chi connectivity index (χ1n) is 12.4. The number of fused-ring (bicyclic) bond motifs is 5. The van der Waals surface area contributed by atoms with E-state index < -0.39 is 5.97 Å². The highest BCUT2D eigenvalue weighted by Gasteiger charge is 2.60. The van der Waals surface area contributed by atoms with Gasteiger partial charge in [-0.2, -0.15) is 0 Å². The van der Waals surface area contributed by atoms with Crippen molar-refractivity contribution in [2.75, 3.05) is 6.61 Å². The van der Waals surface area contributed by atoms with Gasteiger partial charge in [0.05, 0.1) is 0 Å². The van der Waals surface area contributed by atoms with Crippen molar-refractivity contribution in [3.63, 3.8) is 0 Å². The third-order valence-corrected chi connectivity index (χ3v) is 9.38. The van der Waals surface area contributed by atoms with Crippen LogP contribution in [0.2, 0.25) is 0 Å². The molecule has 5 rings (SSSR count). The second kappa shape index (κ2) is 8.07. The van der Waals surface area contributed by atoms with Crippen LogP contribution in [0.1, 0.15) is 70.8 Å². The second-order valence-corrected chi connectivity index (χ2v) is 11.1. The number of esters is 1. The van der Waals surface area contributed by atoms with Gasteiger partial charge in [0.1, 0.15) is 6.61 Å². The summed E-state index contributed by atoms with van der Waals surface area (Å²) in [7, 11) is 0. The topological polar surface area (TPSA) is 60.4 Å². The van der Waals surface area contributed by atoms with Gasteiger partial charge in [-0.15, -0.1) is 0 Å². The number of hydrogen-bond acceptors (Lipinski definition) is 4. The molecule has 0 amide bonds. The quantitative estimate of drug-likeness (QED) is 0.447. The lowest BCUT2D eigenvalue weighted by atomic mass is 9.51. The molecule has 0 spiro atoms. The lowest BCUT2D eigenvalue weighted by molar-refractivity contribution is -0.148. The number of carbonyl (C=O) groups excluding carboxylic acids is 3. The monoisotopic (exact) mass is 446 g/mol. The van der Waals surface area contributed by atoms with Crippen LogP contribution in [-0.4, -0.2) is 24.1 Å². The molecular weight excluding hydrogens is 412 g/mol. The van der Waals surface area contributed by atoms with Crippen LogP contribution in [0.4, 0.5) is 0 Å².